The molecule has 3 rings (SSSR count). The van der Waals surface area contributed by atoms with Gasteiger partial charge in [-0.2, -0.15) is 0 Å². The highest BCUT2D eigenvalue weighted by atomic mass is 19.4. The summed E-state index contributed by atoms with van der Waals surface area (Å²) in [4.78, 5) is 28.4. The molecule has 10 heteroatoms. The van der Waals surface area contributed by atoms with Crippen molar-refractivity contribution in [3.05, 3.63) is 53.6 Å². The van der Waals surface area contributed by atoms with E-state index in [0.29, 0.717) is 37.5 Å². The molecule has 0 saturated carbocycles. The van der Waals surface area contributed by atoms with Gasteiger partial charge < -0.3 is 14.8 Å². The summed E-state index contributed by atoms with van der Waals surface area (Å²) in [5, 5.41) is 2.69. The van der Waals surface area contributed by atoms with Crippen LogP contribution in [0.25, 0.3) is 0 Å². The monoisotopic (exact) mass is 479 g/mol. The third-order valence-electron chi connectivity index (χ3n) is 5.36. The summed E-state index contributed by atoms with van der Waals surface area (Å²) in [6, 6.07) is 10.5. The van der Waals surface area contributed by atoms with Gasteiger partial charge in [-0.25, -0.2) is 0 Å². The van der Waals surface area contributed by atoms with Gasteiger partial charge in [0.2, 0.25) is 5.91 Å². The topological polar surface area (TPSA) is 71.1 Å². The van der Waals surface area contributed by atoms with Crippen molar-refractivity contribution in [2.24, 2.45) is 0 Å². The average Bonchev–Trinajstić information content (AvgIpc) is 2.76. The fraction of sp³-hybridized carbons (Fsp3) is 0.417. The Morgan fingerprint density at radius 2 is 1.65 bits per heavy atom. The fourth-order valence-electron chi connectivity index (χ4n) is 3.71. The van der Waals surface area contributed by atoms with Crippen LogP contribution in [0.15, 0.2) is 42.5 Å². The van der Waals surface area contributed by atoms with E-state index in [-0.39, 0.29) is 24.0 Å². The van der Waals surface area contributed by atoms with Gasteiger partial charge in [-0.15, -0.1) is 13.2 Å². The van der Waals surface area contributed by atoms with Crippen LogP contribution in [0.1, 0.15) is 29.8 Å². The molecule has 184 valence electrons. The Morgan fingerprint density at radius 1 is 1.00 bits per heavy atom. The van der Waals surface area contributed by atoms with Crippen LogP contribution in [0.2, 0.25) is 0 Å². The van der Waals surface area contributed by atoms with E-state index in [4.69, 9.17) is 4.74 Å². The summed E-state index contributed by atoms with van der Waals surface area (Å²) in [6.45, 7) is 7.66. The van der Waals surface area contributed by atoms with Crippen LogP contribution < -0.4 is 14.8 Å². The highest BCUT2D eigenvalue weighted by molar-refractivity contribution is 5.94. The highest BCUT2D eigenvalue weighted by Crippen LogP contribution is 2.25. The van der Waals surface area contributed by atoms with Crippen LogP contribution >= 0.6 is 0 Å². The lowest BCUT2D eigenvalue weighted by molar-refractivity contribution is -0.274. The molecule has 1 aliphatic rings. The molecule has 7 nitrogen and oxygen atoms in total. The molecule has 34 heavy (non-hydrogen) atoms. The normalized spacial score (nSPS) is 15.1. The minimum absolute atomic E-state index is 0.00245. The van der Waals surface area contributed by atoms with E-state index in [1.54, 1.807) is 6.07 Å². The number of rotatable bonds is 9. The van der Waals surface area contributed by atoms with Crippen LogP contribution in [0.5, 0.6) is 11.5 Å². The fourth-order valence-corrected chi connectivity index (χ4v) is 3.71. The Balaban J connectivity index is 1.48. The first kappa shape index (κ1) is 25.5. The molecular weight excluding hydrogens is 451 g/mol. The first-order valence-corrected chi connectivity index (χ1v) is 11.0. The van der Waals surface area contributed by atoms with Gasteiger partial charge in [0.25, 0.3) is 0 Å². The third-order valence-corrected chi connectivity index (χ3v) is 5.36. The second-order valence-electron chi connectivity index (χ2n) is 7.98. The maximum Gasteiger partial charge on any atom is 0.573 e. The molecule has 1 amide bonds. The number of alkyl halides is 3. The Labute approximate surface area is 196 Å². The van der Waals surface area contributed by atoms with Gasteiger partial charge in [0, 0.05) is 49.5 Å². The first-order chi connectivity index (χ1) is 16.1. The minimum atomic E-state index is -4.76. The summed E-state index contributed by atoms with van der Waals surface area (Å²) in [6.07, 6.45) is -4.76. The Bertz CT molecular complexity index is 988. The van der Waals surface area contributed by atoms with Gasteiger partial charge in [-0.05, 0) is 56.3 Å². The van der Waals surface area contributed by atoms with E-state index in [9.17, 15) is 22.8 Å². The summed E-state index contributed by atoms with van der Waals surface area (Å²) >= 11 is 0. The number of benzene rings is 2. The van der Waals surface area contributed by atoms with Crippen LogP contribution in [-0.2, 0) is 11.3 Å². The second kappa shape index (κ2) is 11.3. The van der Waals surface area contributed by atoms with Gasteiger partial charge in [0.1, 0.15) is 11.5 Å². The number of halogens is 3. The summed E-state index contributed by atoms with van der Waals surface area (Å²) in [5.41, 5.74) is 2.00. The zero-order chi connectivity index (χ0) is 24.7. The molecule has 0 spiro atoms. The average molecular weight is 479 g/mol. The number of carbonyl (C=O) groups excluding carboxylic acids is 2. The molecule has 1 saturated heterocycles. The van der Waals surface area contributed by atoms with E-state index in [1.165, 1.54) is 19.1 Å². The van der Waals surface area contributed by atoms with Gasteiger partial charge >= 0.3 is 6.36 Å². The van der Waals surface area contributed by atoms with Crippen molar-refractivity contribution in [1.82, 2.24) is 9.80 Å². The van der Waals surface area contributed by atoms with E-state index in [2.05, 4.69) is 15.0 Å². The molecule has 1 N–H and O–H groups in total. The summed E-state index contributed by atoms with van der Waals surface area (Å²) < 4.78 is 46.3. The zero-order valence-electron chi connectivity index (χ0n) is 19.2. The molecule has 0 radical (unpaired) electrons. The minimum Gasteiger partial charge on any atom is -0.494 e. The van der Waals surface area contributed by atoms with Crippen molar-refractivity contribution in [3.8, 4) is 11.5 Å². The number of piperazine rings is 1. The van der Waals surface area contributed by atoms with Crippen molar-refractivity contribution in [1.29, 1.82) is 0 Å². The quantitative estimate of drug-likeness (QED) is 0.550. The third kappa shape index (κ3) is 7.74. The molecule has 2 aromatic carbocycles. The number of hydrogen-bond donors (Lipinski definition) is 1. The van der Waals surface area contributed by atoms with Crippen LogP contribution in [-0.4, -0.2) is 67.2 Å². The predicted octanol–water partition coefficient (Wildman–Crippen LogP) is 3.94. The number of anilines is 1. The van der Waals surface area contributed by atoms with E-state index < -0.39 is 6.36 Å². The maximum atomic E-state index is 12.4. The summed E-state index contributed by atoms with van der Waals surface area (Å²) in [7, 11) is 0. The molecular formula is C24H28F3N3O4. The largest absolute Gasteiger partial charge is 0.573 e. The molecule has 0 aromatic heterocycles. The van der Waals surface area contributed by atoms with Gasteiger partial charge in [-0.1, -0.05) is 0 Å². The number of nitrogens with zero attached hydrogens (tertiary/aromatic N) is 2. The highest BCUT2D eigenvalue weighted by Gasteiger charge is 2.31. The molecule has 2 aromatic rings. The number of amides is 1. The number of ketones is 1. The standard InChI is InChI=1S/C24H28F3N3O4/c1-3-33-22-9-4-18(17(2)31)14-19(22)15-29-10-12-30(13-11-29)16-23(32)28-20-5-7-21(8-6-20)34-24(25,26)27/h4-9,14H,3,10-13,15-16H2,1-2H3,(H,28,32). The van der Waals surface area contributed by atoms with Crippen LogP contribution in [0.3, 0.4) is 0 Å². The lowest BCUT2D eigenvalue weighted by Crippen LogP contribution is -2.48. The molecule has 1 fully saturated rings. The summed E-state index contributed by atoms with van der Waals surface area (Å²) in [5.74, 6) is 0.178. The van der Waals surface area contributed by atoms with Crippen LogP contribution in [0, 0.1) is 0 Å². The van der Waals surface area contributed by atoms with Gasteiger partial charge in [0.15, 0.2) is 5.78 Å². The van der Waals surface area contributed by atoms with Crippen molar-refractivity contribution in [2.75, 3.05) is 44.6 Å². The van der Waals surface area contributed by atoms with Crippen molar-refractivity contribution >= 4 is 17.4 Å². The maximum absolute atomic E-state index is 12.4. The molecule has 0 atom stereocenters. The second-order valence-corrected chi connectivity index (χ2v) is 7.98. The smallest absolute Gasteiger partial charge is 0.494 e. The zero-order valence-corrected chi connectivity index (χ0v) is 19.2. The van der Waals surface area contributed by atoms with E-state index in [0.717, 1.165) is 36.5 Å². The number of nitrogens with one attached hydrogen (secondary N) is 1. The number of carbonyl (C=O) groups is 2. The Hall–Kier alpha value is -3.11. The van der Waals surface area contributed by atoms with Crippen molar-refractivity contribution in [3.63, 3.8) is 0 Å². The van der Waals surface area contributed by atoms with Crippen LogP contribution in [0.4, 0.5) is 18.9 Å². The molecule has 0 unspecified atom stereocenters. The molecule has 0 aliphatic carbocycles. The van der Waals surface area contributed by atoms with E-state index in [1.807, 2.05) is 24.0 Å². The van der Waals surface area contributed by atoms with Gasteiger partial charge in [-0.3, -0.25) is 19.4 Å². The lowest BCUT2D eigenvalue weighted by Gasteiger charge is -2.34. The van der Waals surface area contributed by atoms with Gasteiger partial charge in [0.05, 0.1) is 13.2 Å². The number of Topliss-reactive ketones (excluding diaryl/α,β-unsaturated/α-hetero) is 1. The number of ether oxygens (including phenoxy) is 2. The number of hydrogen-bond acceptors (Lipinski definition) is 6. The van der Waals surface area contributed by atoms with Crippen molar-refractivity contribution < 1.29 is 32.2 Å². The molecule has 0 bridgehead atoms. The predicted molar refractivity (Wildman–Crippen MR) is 121 cm³/mol. The first-order valence-electron chi connectivity index (χ1n) is 11.0. The Morgan fingerprint density at radius 3 is 2.24 bits per heavy atom. The Kier molecular flexibility index (Phi) is 8.51. The van der Waals surface area contributed by atoms with E-state index >= 15 is 0 Å². The SMILES string of the molecule is CCOc1ccc(C(C)=O)cc1CN1CCN(CC(=O)Nc2ccc(OC(F)(F)F)cc2)CC1. The lowest BCUT2D eigenvalue weighted by atomic mass is 10.1. The molecule has 1 heterocycles. The molecule has 1 aliphatic heterocycles. The van der Waals surface area contributed by atoms with Crippen molar-refractivity contribution in [2.45, 2.75) is 26.8 Å².